The summed E-state index contributed by atoms with van der Waals surface area (Å²) in [6.07, 6.45) is 6.27. The molecule has 1 rings (SSSR count). The van der Waals surface area contributed by atoms with Crippen molar-refractivity contribution in [2.45, 2.75) is 31.5 Å². The minimum Gasteiger partial charge on any atom is -0.357 e. The number of terminal acetylenes is 1. The third-order valence-electron chi connectivity index (χ3n) is 3.18. The molecule has 146 valence electrons. The maximum atomic E-state index is 12.2. The van der Waals surface area contributed by atoms with E-state index >= 15 is 0 Å². The average Bonchev–Trinajstić information content (AvgIpc) is 2.94. The molecule has 11 nitrogen and oxygen atoms in total. The molecule has 1 aliphatic heterocycles. The molecule has 1 N–H and O–H groups in total. The van der Waals surface area contributed by atoms with Crippen LogP contribution in [0, 0.1) is 12.3 Å². The summed E-state index contributed by atoms with van der Waals surface area (Å²) in [6.45, 7) is 1.28. The summed E-state index contributed by atoms with van der Waals surface area (Å²) in [4.78, 5) is 9.74. The van der Waals surface area contributed by atoms with E-state index in [0.29, 0.717) is 12.8 Å². The van der Waals surface area contributed by atoms with Crippen LogP contribution in [0.2, 0.25) is 0 Å². The third-order valence-corrected chi connectivity index (χ3v) is 8.20. The van der Waals surface area contributed by atoms with Crippen LogP contribution in [0.4, 0.5) is 0 Å². The summed E-state index contributed by atoms with van der Waals surface area (Å²) in [6, 6.07) is 0. The summed E-state index contributed by atoms with van der Waals surface area (Å²) in [7, 11) is -11.4. The van der Waals surface area contributed by atoms with Gasteiger partial charge in [0, 0.05) is 21.3 Å². The monoisotopic (exact) mass is 422 g/mol. The Morgan fingerprint density at radius 3 is 2.12 bits per heavy atom. The molecule has 1 aliphatic rings. The van der Waals surface area contributed by atoms with Crippen molar-refractivity contribution in [3.05, 3.63) is 0 Å². The highest BCUT2D eigenvalue weighted by Crippen LogP contribution is 2.71. The van der Waals surface area contributed by atoms with Crippen LogP contribution in [0.15, 0.2) is 0 Å². The van der Waals surface area contributed by atoms with Gasteiger partial charge in [0.2, 0.25) is 0 Å². The van der Waals surface area contributed by atoms with Crippen LogP contribution in [0.3, 0.4) is 0 Å². The minimum atomic E-state index is -4.99. The third kappa shape index (κ3) is 6.55. The Morgan fingerprint density at radius 1 is 1.16 bits per heavy atom. The number of ether oxygens (including phenoxy) is 1. The standard InChI is InChI=1S/C11H21O11P3/c1-6-11(8-7-10(2)20-11)9-19-23(12,13)21-25(15,18-5)22-24(14,16-3)17-4/h1,10H,7-9H2,2-5H3,(H,12,13)/t10-,11-,25?/m0/s1. The normalized spacial score (nSPS) is 28.9. The maximum absolute atomic E-state index is 12.2. The van der Waals surface area contributed by atoms with E-state index in [4.69, 9.17) is 15.7 Å². The van der Waals surface area contributed by atoms with Gasteiger partial charge in [0.15, 0.2) is 5.60 Å². The average molecular weight is 422 g/mol. The first-order valence-electron chi connectivity index (χ1n) is 6.89. The predicted octanol–water partition coefficient (Wildman–Crippen LogP) is 2.86. The molecular formula is C11H21O11P3. The zero-order valence-corrected chi connectivity index (χ0v) is 16.8. The van der Waals surface area contributed by atoms with Crippen molar-refractivity contribution in [1.82, 2.24) is 0 Å². The van der Waals surface area contributed by atoms with Gasteiger partial charge < -0.3 is 9.63 Å². The molecule has 0 saturated carbocycles. The molecule has 1 saturated heterocycles. The second-order valence-corrected chi connectivity index (χ2v) is 10.3. The van der Waals surface area contributed by atoms with E-state index in [9.17, 15) is 18.6 Å². The van der Waals surface area contributed by atoms with Gasteiger partial charge in [-0.15, -0.1) is 6.42 Å². The van der Waals surface area contributed by atoms with Gasteiger partial charge in [-0.3, -0.25) is 18.1 Å². The topological polar surface area (TPSA) is 136 Å². The van der Waals surface area contributed by atoms with Crippen LogP contribution in [0.25, 0.3) is 0 Å². The second kappa shape index (κ2) is 8.75. The van der Waals surface area contributed by atoms with Gasteiger partial charge >= 0.3 is 23.5 Å². The fourth-order valence-corrected chi connectivity index (χ4v) is 6.03. The fraction of sp³-hybridized carbons (Fsp3) is 0.818. The molecule has 0 amide bonds. The summed E-state index contributed by atoms with van der Waals surface area (Å²) in [5.74, 6) is 2.36. The lowest BCUT2D eigenvalue weighted by Crippen LogP contribution is -2.32. The molecule has 0 aromatic carbocycles. The number of phosphoric ester groups is 2. The molecule has 0 aromatic heterocycles. The molecule has 1 heterocycles. The second-order valence-electron chi connectivity index (χ2n) is 4.95. The van der Waals surface area contributed by atoms with Gasteiger partial charge in [-0.2, -0.15) is 8.62 Å². The zero-order valence-electron chi connectivity index (χ0n) is 14.1. The van der Waals surface area contributed by atoms with Crippen molar-refractivity contribution in [3.63, 3.8) is 0 Å². The van der Waals surface area contributed by atoms with E-state index in [0.717, 1.165) is 21.3 Å². The van der Waals surface area contributed by atoms with Gasteiger partial charge in [0.05, 0.1) is 12.7 Å². The van der Waals surface area contributed by atoms with Crippen molar-refractivity contribution in [3.8, 4) is 12.3 Å². The molecular weight excluding hydrogens is 401 g/mol. The van der Waals surface area contributed by atoms with Gasteiger partial charge in [0.1, 0.15) is 0 Å². The Hall–Kier alpha value is -0.0700. The van der Waals surface area contributed by atoms with Crippen LogP contribution < -0.4 is 0 Å². The number of hydrogen-bond acceptors (Lipinski definition) is 10. The first kappa shape index (κ1) is 23.0. The molecule has 14 heteroatoms. The van der Waals surface area contributed by atoms with E-state index in [1.165, 1.54) is 0 Å². The van der Waals surface area contributed by atoms with Crippen molar-refractivity contribution in [2.24, 2.45) is 0 Å². The lowest BCUT2D eigenvalue weighted by Gasteiger charge is -2.25. The quantitative estimate of drug-likeness (QED) is 0.411. The van der Waals surface area contributed by atoms with Crippen LogP contribution in [-0.2, 0) is 45.1 Å². The summed E-state index contributed by atoms with van der Waals surface area (Å²) in [5.41, 5.74) is -1.21. The molecule has 0 radical (unpaired) electrons. The molecule has 25 heavy (non-hydrogen) atoms. The number of rotatable bonds is 10. The predicted molar refractivity (Wildman–Crippen MR) is 85.5 cm³/mol. The highest BCUT2D eigenvalue weighted by atomic mass is 31.3. The van der Waals surface area contributed by atoms with Crippen molar-refractivity contribution in [2.75, 3.05) is 27.9 Å². The van der Waals surface area contributed by atoms with Gasteiger partial charge in [-0.05, 0) is 19.8 Å². The van der Waals surface area contributed by atoms with Crippen LogP contribution in [-0.4, -0.2) is 44.5 Å². The zero-order chi connectivity index (χ0) is 19.4. The Kier molecular flexibility index (Phi) is 8.04. The summed E-state index contributed by atoms with van der Waals surface area (Å²) in [5, 5.41) is 0. The van der Waals surface area contributed by atoms with Crippen molar-refractivity contribution < 1.29 is 50.0 Å². The van der Waals surface area contributed by atoms with E-state index in [-0.39, 0.29) is 6.10 Å². The molecule has 0 bridgehead atoms. The molecule has 0 spiro atoms. The first-order valence-corrected chi connectivity index (χ1v) is 11.3. The lowest BCUT2D eigenvalue weighted by atomic mass is 10.0. The SMILES string of the molecule is C#C[C@@]1(COP(=O)(O)OP(=O)(OC)OP(=O)(OC)OC)CC[C@H](C)O1. The summed E-state index contributed by atoms with van der Waals surface area (Å²) < 4.78 is 68.5. The highest BCUT2D eigenvalue weighted by Gasteiger charge is 2.46. The molecule has 4 atom stereocenters. The number of phosphoric acid groups is 3. The fourth-order valence-electron chi connectivity index (χ4n) is 1.87. The smallest absolute Gasteiger partial charge is 0.357 e. The maximum Gasteiger partial charge on any atom is 0.492 e. The molecule has 1 fully saturated rings. The van der Waals surface area contributed by atoms with Crippen LogP contribution in [0.5, 0.6) is 0 Å². The van der Waals surface area contributed by atoms with Crippen molar-refractivity contribution in [1.29, 1.82) is 0 Å². The van der Waals surface area contributed by atoms with E-state index in [1.807, 2.05) is 0 Å². The lowest BCUT2D eigenvalue weighted by molar-refractivity contribution is -0.0270. The molecule has 2 unspecified atom stereocenters. The Bertz CT molecular complexity index is 636. The minimum absolute atomic E-state index is 0.152. The van der Waals surface area contributed by atoms with Gasteiger partial charge in [-0.1, -0.05) is 5.92 Å². The number of hydrogen-bond donors (Lipinski definition) is 1. The van der Waals surface area contributed by atoms with Crippen molar-refractivity contribution >= 4 is 23.5 Å². The Labute approximate surface area is 146 Å². The Balaban J connectivity index is 2.81. The molecule has 0 aromatic rings. The first-order chi connectivity index (χ1) is 11.5. The van der Waals surface area contributed by atoms with Crippen LogP contribution in [0.1, 0.15) is 19.8 Å². The largest absolute Gasteiger partial charge is 0.492 e. The van der Waals surface area contributed by atoms with E-state index in [2.05, 4.69) is 28.1 Å². The van der Waals surface area contributed by atoms with E-state index < -0.39 is 35.7 Å². The summed E-state index contributed by atoms with van der Waals surface area (Å²) >= 11 is 0. The Morgan fingerprint density at radius 2 is 1.72 bits per heavy atom. The van der Waals surface area contributed by atoms with Gasteiger partial charge in [-0.25, -0.2) is 13.7 Å². The highest BCUT2D eigenvalue weighted by molar-refractivity contribution is 7.67. The van der Waals surface area contributed by atoms with E-state index in [1.54, 1.807) is 6.92 Å². The van der Waals surface area contributed by atoms with Crippen LogP contribution >= 0.6 is 23.5 Å². The molecule has 0 aliphatic carbocycles. The van der Waals surface area contributed by atoms with Gasteiger partial charge in [0.25, 0.3) is 0 Å².